The zero-order chi connectivity index (χ0) is 11.6. The second kappa shape index (κ2) is 9.93. The zero-order valence-corrected chi connectivity index (χ0v) is 10.8. The molecule has 0 bridgehead atoms. The van der Waals surface area contributed by atoms with Crippen LogP contribution in [0, 0.1) is 0 Å². The van der Waals surface area contributed by atoms with Crippen LogP contribution in [0.1, 0.15) is 13.8 Å². The molecular weight excluding hydrogens is 281 g/mol. The SMILES string of the molecule is CCO[P+](C)(O)OCC.FC(F)=CBr. The molecule has 0 spiro atoms. The summed E-state index contributed by atoms with van der Waals surface area (Å²) in [6.07, 6.45) is -1.70. The van der Waals surface area contributed by atoms with Gasteiger partial charge in [0.05, 0.1) is 13.2 Å². The van der Waals surface area contributed by atoms with Crippen molar-refractivity contribution in [3.63, 3.8) is 0 Å². The standard InChI is InChI=1S/C5H14O3P.C2HBrF2/c1-4-7-9(3,6)8-5-2;3-1-2(4)5/h6H,4-5H2,1-3H3;1H/q+1;. The van der Waals surface area contributed by atoms with Gasteiger partial charge in [0.1, 0.15) is 6.66 Å². The average Bonchev–Trinajstić information content (AvgIpc) is 2.05. The van der Waals surface area contributed by atoms with Gasteiger partial charge in [-0.05, 0) is 13.8 Å². The van der Waals surface area contributed by atoms with Gasteiger partial charge < -0.3 is 0 Å². The molecule has 0 aliphatic rings. The van der Waals surface area contributed by atoms with Crippen molar-refractivity contribution in [2.24, 2.45) is 0 Å². The molecule has 0 saturated carbocycles. The van der Waals surface area contributed by atoms with E-state index in [1.807, 2.05) is 13.8 Å². The highest BCUT2D eigenvalue weighted by Gasteiger charge is 2.31. The molecule has 7 heteroatoms. The largest absolute Gasteiger partial charge is 0.405 e. The monoisotopic (exact) mass is 295 g/mol. The van der Waals surface area contributed by atoms with Gasteiger partial charge in [0, 0.05) is 4.99 Å². The van der Waals surface area contributed by atoms with Gasteiger partial charge in [-0.15, -0.1) is 0 Å². The maximum atomic E-state index is 10.6. The van der Waals surface area contributed by atoms with E-state index in [0.717, 1.165) is 0 Å². The van der Waals surface area contributed by atoms with Crippen LogP contribution in [0.3, 0.4) is 0 Å². The van der Waals surface area contributed by atoms with Gasteiger partial charge in [-0.2, -0.15) is 22.7 Å². The van der Waals surface area contributed by atoms with Crippen molar-refractivity contribution in [3.8, 4) is 0 Å². The van der Waals surface area contributed by atoms with Crippen LogP contribution in [0.2, 0.25) is 0 Å². The Bertz CT molecular complexity index is 155. The quantitative estimate of drug-likeness (QED) is 0.806. The van der Waals surface area contributed by atoms with Gasteiger partial charge in [-0.25, -0.2) is 0 Å². The fourth-order valence-corrected chi connectivity index (χ4v) is 1.55. The molecule has 0 aliphatic heterocycles. The number of halogens is 3. The van der Waals surface area contributed by atoms with Crippen LogP contribution >= 0.6 is 23.9 Å². The third-order valence-corrected chi connectivity index (χ3v) is 2.64. The summed E-state index contributed by atoms with van der Waals surface area (Å²) in [7, 11) is -2.44. The van der Waals surface area contributed by atoms with E-state index in [0.29, 0.717) is 18.2 Å². The highest BCUT2D eigenvalue weighted by atomic mass is 79.9. The topological polar surface area (TPSA) is 38.7 Å². The number of hydrogen-bond acceptors (Lipinski definition) is 3. The van der Waals surface area contributed by atoms with E-state index in [9.17, 15) is 13.7 Å². The van der Waals surface area contributed by atoms with E-state index >= 15 is 0 Å². The minimum Gasteiger partial charge on any atom is -0.193 e. The van der Waals surface area contributed by atoms with Crippen molar-refractivity contribution in [1.29, 1.82) is 0 Å². The molecule has 0 heterocycles. The van der Waals surface area contributed by atoms with E-state index in [1.54, 1.807) is 6.66 Å². The lowest BCUT2D eigenvalue weighted by Gasteiger charge is -2.09. The van der Waals surface area contributed by atoms with E-state index in [2.05, 4.69) is 15.9 Å². The van der Waals surface area contributed by atoms with Crippen LogP contribution in [-0.4, -0.2) is 24.8 Å². The summed E-state index contributed by atoms with van der Waals surface area (Å²) >= 11 is 2.40. The second-order valence-electron chi connectivity index (χ2n) is 2.04. The van der Waals surface area contributed by atoms with Gasteiger partial charge in [0.2, 0.25) is 0 Å². The lowest BCUT2D eigenvalue weighted by molar-refractivity contribution is 0.195. The van der Waals surface area contributed by atoms with Crippen molar-refractivity contribution in [1.82, 2.24) is 0 Å². The van der Waals surface area contributed by atoms with Crippen LogP contribution in [-0.2, 0) is 9.05 Å². The van der Waals surface area contributed by atoms with Crippen molar-refractivity contribution >= 4 is 23.9 Å². The van der Waals surface area contributed by atoms with Gasteiger partial charge in [-0.3, -0.25) is 0 Å². The fourth-order valence-electron chi connectivity index (χ4n) is 0.516. The molecule has 0 aromatic rings. The molecule has 0 atom stereocenters. The zero-order valence-electron chi connectivity index (χ0n) is 8.34. The Morgan fingerprint density at radius 1 is 1.36 bits per heavy atom. The summed E-state index contributed by atoms with van der Waals surface area (Å²) in [5, 5.41) is 0. The van der Waals surface area contributed by atoms with E-state index in [4.69, 9.17) is 9.05 Å². The predicted molar refractivity (Wildman–Crippen MR) is 57.5 cm³/mol. The molecule has 0 aromatic heterocycles. The smallest absolute Gasteiger partial charge is 0.193 e. The third kappa shape index (κ3) is 14.9. The average molecular weight is 296 g/mol. The molecule has 0 amide bonds. The summed E-state index contributed by atoms with van der Waals surface area (Å²) in [5.74, 6) is 0. The molecule has 86 valence electrons. The van der Waals surface area contributed by atoms with Crippen molar-refractivity contribution in [2.75, 3.05) is 19.9 Å². The Morgan fingerprint density at radius 3 is 1.79 bits per heavy atom. The molecule has 3 nitrogen and oxygen atoms in total. The van der Waals surface area contributed by atoms with Crippen LogP contribution < -0.4 is 0 Å². The summed E-state index contributed by atoms with van der Waals surface area (Å²) in [4.78, 5) is 9.74. The first kappa shape index (κ1) is 16.8. The molecule has 0 aliphatic carbocycles. The molecule has 14 heavy (non-hydrogen) atoms. The van der Waals surface area contributed by atoms with Gasteiger partial charge in [-0.1, -0.05) is 15.9 Å². The van der Waals surface area contributed by atoms with Gasteiger partial charge in [0.25, 0.3) is 6.08 Å². The Balaban J connectivity index is 0. The molecule has 1 N–H and O–H groups in total. The highest BCUT2D eigenvalue weighted by molar-refractivity contribution is 9.11. The van der Waals surface area contributed by atoms with E-state index < -0.39 is 14.0 Å². The fraction of sp³-hybridized carbons (Fsp3) is 0.714. The first-order valence-corrected chi connectivity index (χ1v) is 6.83. The predicted octanol–water partition coefficient (Wildman–Crippen LogP) is 3.56. The third-order valence-electron chi connectivity index (χ3n) is 0.820. The molecule has 0 saturated heterocycles. The Kier molecular flexibility index (Phi) is 11.9. The van der Waals surface area contributed by atoms with Gasteiger partial charge in [0.15, 0.2) is 0 Å². The molecule has 0 radical (unpaired) electrons. The normalized spacial score (nSPS) is 10.2. The van der Waals surface area contributed by atoms with Crippen molar-refractivity contribution in [3.05, 3.63) is 11.1 Å². The first-order chi connectivity index (χ1) is 6.39. The van der Waals surface area contributed by atoms with E-state index in [-0.39, 0.29) is 0 Å². The Hall–Kier alpha value is 0.390. The Morgan fingerprint density at radius 2 is 1.64 bits per heavy atom. The van der Waals surface area contributed by atoms with Crippen LogP contribution in [0.5, 0.6) is 0 Å². The molecule has 0 fully saturated rings. The van der Waals surface area contributed by atoms with E-state index in [1.165, 1.54) is 0 Å². The lowest BCUT2D eigenvalue weighted by Crippen LogP contribution is -1.99. The molecule has 0 aromatic carbocycles. The van der Waals surface area contributed by atoms with Crippen molar-refractivity contribution in [2.45, 2.75) is 13.8 Å². The highest BCUT2D eigenvalue weighted by Crippen LogP contribution is 2.52. The lowest BCUT2D eigenvalue weighted by atomic mass is 10.9. The number of rotatable bonds is 4. The Labute approximate surface area is 91.8 Å². The summed E-state index contributed by atoms with van der Waals surface area (Å²) < 4.78 is 31.0. The molecule has 0 rings (SSSR count). The minimum atomic E-state index is -2.44. The summed E-state index contributed by atoms with van der Waals surface area (Å²) in [5.41, 5.74) is 0. The van der Waals surface area contributed by atoms with Gasteiger partial charge >= 0.3 is 7.94 Å². The molecular formula is C7H15BrF2O3P+. The number of hydrogen-bond donors (Lipinski definition) is 1. The second-order valence-corrected chi connectivity index (χ2v) is 4.62. The maximum absolute atomic E-state index is 10.6. The van der Waals surface area contributed by atoms with Crippen molar-refractivity contribution < 1.29 is 22.7 Å². The summed E-state index contributed by atoms with van der Waals surface area (Å²) in [6.45, 7) is 6.24. The molecule has 0 unspecified atom stereocenters. The summed E-state index contributed by atoms with van der Waals surface area (Å²) in [6, 6.07) is 0. The van der Waals surface area contributed by atoms with Crippen LogP contribution in [0.25, 0.3) is 0 Å². The van der Waals surface area contributed by atoms with Crippen LogP contribution in [0.4, 0.5) is 8.78 Å². The van der Waals surface area contributed by atoms with Crippen LogP contribution in [0.15, 0.2) is 11.1 Å². The minimum absolute atomic E-state index is 0.501. The maximum Gasteiger partial charge on any atom is 0.405 e. The first-order valence-electron chi connectivity index (χ1n) is 3.89.